The Balaban J connectivity index is 3.02. The van der Waals surface area contributed by atoms with Crippen LogP contribution in [0.2, 0.25) is 0 Å². The number of nitrogen functional groups attached to an aromatic ring is 1. The first-order chi connectivity index (χ1) is 6.66. The zero-order chi connectivity index (χ0) is 10.6. The van der Waals surface area contributed by atoms with Crippen LogP contribution in [0, 0.1) is 0 Å². The molecule has 0 heterocycles. The highest BCUT2D eigenvalue weighted by Gasteiger charge is 2.13. The van der Waals surface area contributed by atoms with Crippen molar-refractivity contribution in [2.45, 2.75) is 0 Å². The van der Waals surface area contributed by atoms with Crippen molar-refractivity contribution in [3.05, 3.63) is 23.8 Å². The highest BCUT2D eigenvalue weighted by Crippen LogP contribution is 2.26. The summed E-state index contributed by atoms with van der Waals surface area (Å²) in [6.07, 6.45) is 0. The van der Waals surface area contributed by atoms with Gasteiger partial charge in [-0.1, -0.05) is 6.07 Å². The summed E-state index contributed by atoms with van der Waals surface area (Å²) in [7, 11) is 0. The van der Waals surface area contributed by atoms with Gasteiger partial charge in [0.25, 0.3) is 0 Å². The molecule has 1 aromatic rings. The van der Waals surface area contributed by atoms with Crippen molar-refractivity contribution in [1.82, 2.24) is 0 Å². The van der Waals surface area contributed by atoms with Gasteiger partial charge in [0.05, 0.1) is 12.3 Å². The normalized spacial score (nSPS) is 9.79. The quantitative estimate of drug-likeness (QED) is 0.605. The first-order valence-corrected chi connectivity index (χ1v) is 4.02. The number of aliphatic hydroxyl groups excluding tert-OH is 1. The highest BCUT2D eigenvalue weighted by atomic mass is 16.5. The van der Waals surface area contributed by atoms with Crippen molar-refractivity contribution in [2.24, 2.45) is 0 Å². The Morgan fingerprint density at radius 2 is 2.21 bits per heavy atom. The van der Waals surface area contributed by atoms with E-state index in [1.807, 2.05) is 0 Å². The standard InChI is InChI=1S/C9H11NO4/c10-7-3-1-2-6(9(12)13)8(7)14-5-4-11/h1-3,11H,4-5,10H2,(H,12,13). The first-order valence-electron chi connectivity index (χ1n) is 4.02. The predicted molar refractivity (Wildman–Crippen MR) is 50.4 cm³/mol. The molecule has 5 heteroatoms. The lowest BCUT2D eigenvalue weighted by Crippen LogP contribution is -2.08. The number of aromatic carboxylic acids is 1. The average molecular weight is 197 g/mol. The summed E-state index contributed by atoms with van der Waals surface area (Å²) in [5.41, 5.74) is 5.78. The Morgan fingerprint density at radius 1 is 1.50 bits per heavy atom. The molecule has 0 saturated carbocycles. The number of benzene rings is 1. The summed E-state index contributed by atoms with van der Waals surface area (Å²) in [6, 6.07) is 4.47. The number of aliphatic hydroxyl groups is 1. The minimum atomic E-state index is -1.11. The van der Waals surface area contributed by atoms with Crippen LogP contribution in [0.25, 0.3) is 0 Å². The topological polar surface area (TPSA) is 92.8 Å². The third-order valence-electron chi connectivity index (χ3n) is 1.61. The second kappa shape index (κ2) is 4.48. The fourth-order valence-corrected chi connectivity index (χ4v) is 1.03. The van der Waals surface area contributed by atoms with E-state index in [1.165, 1.54) is 12.1 Å². The van der Waals surface area contributed by atoms with Crippen LogP contribution in [0.3, 0.4) is 0 Å². The van der Waals surface area contributed by atoms with Gasteiger partial charge in [-0.3, -0.25) is 0 Å². The second-order valence-electron chi connectivity index (χ2n) is 2.60. The molecule has 0 bridgehead atoms. The molecule has 14 heavy (non-hydrogen) atoms. The lowest BCUT2D eigenvalue weighted by Gasteiger charge is -2.09. The first kappa shape index (κ1) is 10.3. The van der Waals surface area contributed by atoms with E-state index in [2.05, 4.69) is 0 Å². The smallest absolute Gasteiger partial charge is 0.339 e. The molecule has 0 aliphatic heterocycles. The summed E-state index contributed by atoms with van der Waals surface area (Å²) in [5, 5.41) is 17.3. The van der Waals surface area contributed by atoms with Crippen molar-refractivity contribution in [1.29, 1.82) is 0 Å². The maximum absolute atomic E-state index is 10.7. The molecule has 1 rings (SSSR count). The van der Waals surface area contributed by atoms with Crippen molar-refractivity contribution >= 4 is 11.7 Å². The third-order valence-corrected chi connectivity index (χ3v) is 1.61. The van der Waals surface area contributed by atoms with Gasteiger partial charge in [0.2, 0.25) is 0 Å². The van der Waals surface area contributed by atoms with Crippen LogP contribution >= 0.6 is 0 Å². The molecule has 0 amide bonds. The molecular formula is C9H11NO4. The van der Waals surface area contributed by atoms with Crippen LogP contribution in [0.5, 0.6) is 5.75 Å². The van der Waals surface area contributed by atoms with E-state index in [1.54, 1.807) is 6.07 Å². The van der Waals surface area contributed by atoms with Crippen LogP contribution in [0.1, 0.15) is 10.4 Å². The van der Waals surface area contributed by atoms with Crippen molar-refractivity contribution < 1.29 is 19.7 Å². The lowest BCUT2D eigenvalue weighted by atomic mass is 10.2. The molecule has 0 aromatic heterocycles. The van der Waals surface area contributed by atoms with Gasteiger partial charge < -0.3 is 20.7 Å². The van der Waals surface area contributed by atoms with Gasteiger partial charge in [-0.15, -0.1) is 0 Å². The van der Waals surface area contributed by atoms with Gasteiger partial charge in [-0.2, -0.15) is 0 Å². The summed E-state index contributed by atoms with van der Waals surface area (Å²) in [4.78, 5) is 10.7. The summed E-state index contributed by atoms with van der Waals surface area (Å²) in [5.74, 6) is -1.00. The molecule has 0 atom stereocenters. The molecule has 1 aromatic carbocycles. The van der Waals surface area contributed by atoms with E-state index < -0.39 is 5.97 Å². The largest absolute Gasteiger partial charge is 0.488 e. The number of nitrogens with two attached hydrogens (primary N) is 1. The highest BCUT2D eigenvalue weighted by molar-refractivity contribution is 5.93. The maximum Gasteiger partial charge on any atom is 0.339 e. The SMILES string of the molecule is Nc1cccc(C(=O)O)c1OCCO. The molecule has 76 valence electrons. The minimum absolute atomic E-state index is 0.00144. The minimum Gasteiger partial charge on any atom is -0.488 e. The van der Waals surface area contributed by atoms with E-state index in [4.69, 9.17) is 20.7 Å². The molecule has 0 aliphatic carbocycles. The number of carboxylic acids is 1. The summed E-state index contributed by atoms with van der Waals surface area (Å²) < 4.78 is 5.02. The van der Waals surface area contributed by atoms with Gasteiger partial charge in [-0.25, -0.2) is 4.79 Å². The second-order valence-corrected chi connectivity index (χ2v) is 2.60. The monoisotopic (exact) mass is 197 g/mol. The Labute approximate surface area is 80.7 Å². The zero-order valence-corrected chi connectivity index (χ0v) is 7.43. The van der Waals surface area contributed by atoms with Crippen molar-refractivity contribution in [3.8, 4) is 5.75 Å². The van der Waals surface area contributed by atoms with E-state index in [-0.39, 0.29) is 30.2 Å². The van der Waals surface area contributed by atoms with Crippen LogP contribution in [0.15, 0.2) is 18.2 Å². The zero-order valence-electron chi connectivity index (χ0n) is 7.43. The van der Waals surface area contributed by atoms with Crippen molar-refractivity contribution in [3.63, 3.8) is 0 Å². The fourth-order valence-electron chi connectivity index (χ4n) is 1.03. The Bertz CT molecular complexity index is 338. The number of hydrogen-bond acceptors (Lipinski definition) is 4. The molecule has 0 radical (unpaired) electrons. The fraction of sp³-hybridized carbons (Fsp3) is 0.222. The van der Waals surface area contributed by atoms with Gasteiger partial charge in [0.1, 0.15) is 12.2 Å². The molecule has 4 N–H and O–H groups in total. The van der Waals surface area contributed by atoms with Gasteiger partial charge in [0.15, 0.2) is 5.75 Å². The Morgan fingerprint density at radius 3 is 2.79 bits per heavy atom. The Hall–Kier alpha value is -1.75. The van der Waals surface area contributed by atoms with Crippen molar-refractivity contribution in [2.75, 3.05) is 18.9 Å². The van der Waals surface area contributed by atoms with E-state index >= 15 is 0 Å². The average Bonchev–Trinajstić information content (AvgIpc) is 2.15. The van der Waals surface area contributed by atoms with Gasteiger partial charge in [0, 0.05) is 0 Å². The molecule has 0 aliphatic rings. The van der Waals surface area contributed by atoms with Gasteiger partial charge in [-0.05, 0) is 12.1 Å². The molecular weight excluding hydrogens is 186 g/mol. The molecule has 5 nitrogen and oxygen atoms in total. The van der Waals surface area contributed by atoms with Gasteiger partial charge >= 0.3 is 5.97 Å². The number of rotatable bonds is 4. The molecule has 0 saturated heterocycles. The number of anilines is 1. The number of para-hydroxylation sites is 1. The number of hydrogen-bond donors (Lipinski definition) is 3. The maximum atomic E-state index is 10.7. The van der Waals surface area contributed by atoms with E-state index in [0.717, 1.165) is 0 Å². The molecule has 0 unspecified atom stereocenters. The lowest BCUT2D eigenvalue weighted by molar-refractivity contribution is 0.0691. The predicted octanol–water partition coefficient (Wildman–Crippen LogP) is 0.338. The number of carboxylic acid groups (broad SMARTS) is 1. The molecule has 0 spiro atoms. The van der Waals surface area contributed by atoms with E-state index in [9.17, 15) is 4.79 Å². The van der Waals surface area contributed by atoms with Crippen LogP contribution in [-0.2, 0) is 0 Å². The van der Waals surface area contributed by atoms with E-state index in [0.29, 0.717) is 0 Å². The van der Waals surface area contributed by atoms with Crippen LogP contribution in [0.4, 0.5) is 5.69 Å². The van der Waals surface area contributed by atoms with Crippen LogP contribution in [-0.4, -0.2) is 29.4 Å². The Kier molecular flexibility index (Phi) is 3.30. The summed E-state index contributed by atoms with van der Waals surface area (Å²) in [6.45, 7) is -0.165. The number of carbonyl (C=O) groups is 1. The van der Waals surface area contributed by atoms with Crippen LogP contribution < -0.4 is 10.5 Å². The molecule has 0 fully saturated rings. The number of ether oxygens (including phenoxy) is 1. The third kappa shape index (κ3) is 2.14. The summed E-state index contributed by atoms with van der Waals surface area (Å²) >= 11 is 0.